The monoisotopic (exact) mass is 682 g/mol. The third kappa shape index (κ3) is 5.36. The number of thiophene rings is 1. The molecule has 0 aliphatic heterocycles. The van der Waals surface area contributed by atoms with Crippen molar-refractivity contribution in [2.45, 2.75) is 0 Å². The normalized spacial score (nSPS) is 11.5. The first-order valence-corrected chi connectivity index (χ1v) is 18.1. The number of aromatic nitrogens is 3. The van der Waals surface area contributed by atoms with E-state index in [-0.39, 0.29) is 0 Å². The van der Waals surface area contributed by atoms with Gasteiger partial charge in [0, 0.05) is 84.6 Å². The van der Waals surface area contributed by atoms with Crippen molar-refractivity contribution < 1.29 is 0 Å². The zero-order valence-electron chi connectivity index (χ0n) is 28.0. The van der Waals surface area contributed by atoms with E-state index in [1.807, 2.05) is 54.5 Å². The minimum Gasteiger partial charge on any atom is -0.311 e. The Morgan fingerprint density at radius 1 is 0.404 bits per heavy atom. The molecular formula is C47H30N4S. The first-order chi connectivity index (χ1) is 25.7. The standard InChI is InChI=1S/C47H30N4S/c1-2-4-44-43(3-1)46-45(52-44)23-26-50-47(46)35-13-19-42(20-14-35)51(40-15-9-31(10-16-40)36-7-5-33-21-24-48-29-38(33)27-36)41-17-11-32(12-18-41)37-8-6-34-22-25-49-30-39(34)28-37/h1-30H. The van der Waals surface area contributed by atoms with Gasteiger partial charge in [0.1, 0.15) is 0 Å². The lowest BCUT2D eigenvalue weighted by atomic mass is 10.0. The summed E-state index contributed by atoms with van der Waals surface area (Å²) in [4.78, 5) is 15.9. The Balaban J connectivity index is 1.04. The molecule has 4 heterocycles. The highest BCUT2D eigenvalue weighted by Crippen LogP contribution is 2.41. The first kappa shape index (κ1) is 30.2. The number of fused-ring (bicyclic) bond motifs is 5. The van der Waals surface area contributed by atoms with Crippen molar-refractivity contribution in [3.8, 4) is 33.5 Å². The predicted octanol–water partition coefficient (Wildman–Crippen LogP) is 13.0. The number of anilines is 3. The van der Waals surface area contributed by atoms with Crippen LogP contribution in [0, 0.1) is 0 Å². The fourth-order valence-corrected chi connectivity index (χ4v) is 8.34. The average molecular weight is 683 g/mol. The molecule has 0 aliphatic carbocycles. The van der Waals surface area contributed by atoms with Gasteiger partial charge in [-0.2, -0.15) is 0 Å². The molecule has 4 nitrogen and oxygen atoms in total. The van der Waals surface area contributed by atoms with Gasteiger partial charge in [0.2, 0.25) is 0 Å². The van der Waals surface area contributed by atoms with Crippen LogP contribution in [0.1, 0.15) is 0 Å². The van der Waals surface area contributed by atoms with Gasteiger partial charge in [-0.15, -0.1) is 11.3 Å². The summed E-state index contributed by atoms with van der Waals surface area (Å²) >= 11 is 1.82. The molecule has 244 valence electrons. The van der Waals surface area contributed by atoms with Crippen molar-refractivity contribution in [3.63, 3.8) is 0 Å². The summed E-state index contributed by atoms with van der Waals surface area (Å²) in [5, 5.41) is 7.11. The maximum Gasteiger partial charge on any atom is 0.0795 e. The fourth-order valence-electron chi connectivity index (χ4n) is 7.24. The lowest BCUT2D eigenvalue weighted by molar-refractivity contribution is 1.28. The molecule has 6 aromatic carbocycles. The molecule has 10 aromatic rings. The molecule has 0 amide bonds. The van der Waals surface area contributed by atoms with Crippen LogP contribution in [0.2, 0.25) is 0 Å². The van der Waals surface area contributed by atoms with Gasteiger partial charge < -0.3 is 4.90 Å². The number of hydrogen-bond donors (Lipinski definition) is 0. The second-order valence-electron chi connectivity index (χ2n) is 13.0. The topological polar surface area (TPSA) is 41.9 Å². The second kappa shape index (κ2) is 12.6. The lowest BCUT2D eigenvalue weighted by Crippen LogP contribution is -2.09. The summed E-state index contributed by atoms with van der Waals surface area (Å²) < 4.78 is 2.53. The van der Waals surface area contributed by atoms with E-state index in [4.69, 9.17) is 4.98 Å². The molecule has 4 aromatic heterocycles. The molecule has 0 unspecified atom stereocenters. The zero-order chi connectivity index (χ0) is 34.4. The van der Waals surface area contributed by atoms with Crippen LogP contribution in [0.3, 0.4) is 0 Å². The van der Waals surface area contributed by atoms with Gasteiger partial charge in [0.15, 0.2) is 0 Å². The smallest absolute Gasteiger partial charge is 0.0795 e. The molecule has 52 heavy (non-hydrogen) atoms. The number of nitrogens with zero attached hydrogens (tertiary/aromatic N) is 4. The van der Waals surface area contributed by atoms with Crippen LogP contribution >= 0.6 is 11.3 Å². The van der Waals surface area contributed by atoms with Crippen molar-refractivity contribution in [2.75, 3.05) is 4.90 Å². The molecule has 0 fully saturated rings. The molecule has 0 N–H and O–H groups in total. The SMILES string of the molecule is c1ccc2c(c1)sc1ccnc(-c3ccc(N(c4ccc(-c5ccc6ccncc6c5)cc4)c4ccc(-c5ccc6ccncc6c5)cc4)cc3)c12. The highest BCUT2D eigenvalue weighted by atomic mass is 32.1. The molecule has 10 rings (SSSR count). The van der Waals surface area contributed by atoms with Crippen molar-refractivity contribution in [3.05, 3.63) is 183 Å². The molecule has 5 heteroatoms. The maximum absolute atomic E-state index is 4.89. The number of hydrogen-bond acceptors (Lipinski definition) is 5. The van der Waals surface area contributed by atoms with Crippen molar-refractivity contribution >= 4 is 70.1 Å². The van der Waals surface area contributed by atoms with E-state index in [1.54, 1.807) is 0 Å². The Labute approximate surface area is 305 Å². The van der Waals surface area contributed by atoms with Crippen LogP contribution < -0.4 is 4.90 Å². The molecule has 0 saturated heterocycles. The number of rotatable bonds is 6. The minimum atomic E-state index is 1.01. The molecule has 0 aliphatic rings. The van der Waals surface area contributed by atoms with Crippen molar-refractivity contribution in [1.29, 1.82) is 0 Å². The Bertz CT molecular complexity index is 2770. The largest absolute Gasteiger partial charge is 0.311 e. The molecule has 0 atom stereocenters. The van der Waals surface area contributed by atoms with Gasteiger partial charge in [0.05, 0.1) is 5.69 Å². The second-order valence-corrected chi connectivity index (χ2v) is 14.1. The Morgan fingerprint density at radius 3 is 1.50 bits per heavy atom. The Hall–Kier alpha value is -6.69. The summed E-state index contributed by atoms with van der Waals surface area (Å²) in [6.07, 6.45) is 9.45. The zero-order valence-corrected chi connectivity index (χ0v) is 28.8. The summed E-state index contributed by atoms with van der Waals surface area (Å²) in [5.74, 6) is 0. The summed E-state index contributed by atoms with van der Waals surface area (Å²) in [7, 11) is 0. The van der Waals surface area contributed by atoms with E-state index in [2.05, 4.69) is 154 Å². The lowest BCUT2D eigenvalue weighted by Gasteiger charge is -2.26. The average Bonchev–Trinajstić information content (AvgIpc) is 3.61. The van der Waals surface area contributed by atoms with E-state index in [9.17, 15) is 0 Å². The quantitative estimate of drug-likeness (QED) is 0.175. The predicted molar refractivity (Wildman–Crippen MR) is 219 cm³/mol. The van der Waals surface area contributed by atoms with E-state index >= 15 is 0 Å². The van der Waals surface area contributed by atoms with Crippen LogP contribution in [0.4, 0.5) is 17.1 Å². The highest BCUT2D eigenvalue weighted by Gasteiger charge is 2.16. The Kier molecular flexibility index (Phi) is 7.29. The maximum atomic E-state index is 4.89. The first-order valence-electron chi connectivity index (χ1n) is 17.3. The number of pyridine rings is 3. The molecule has 0 bridgehead atoms. The van der Waals surface area contributed by atoms with Crippen LogP contribution in [0.25, 0.3) is 75.2 Å². The van der Waals surface area contributed by atoms with Crippen LogP contribution in [-0.2, 0) is 0 Å². The summed E-state index contributed by atoms with van der Waals surface area (Å²) in [6, 6.07) is 54.4. The molecule has 0 radical (unpaired) electrons. The van der Waals surface area contributed by atoms with E-state index in [1.165, 1.54) is 42.1 Å². The third-order valence-corrected chi connectivity index (χ3v) is 11.0. The van der Waals surface area contributed by atoms with Gasteiger partial charge in [-0.25, -0.2) is 0 Å². The van der Waals surface area contributed by atoms with Crippen molar-refractivity contribution in [1.82, 2.24) is 15.0 Å². The van der Waals surface area contributed by atoms with Crippen LogP contribution in [0.5, 0.6) is 0 Å². The van der Waals surface area contributed by atoms with Crippen molar-refractivity contribution in [2.24, 2.45) is 0 Å². The fraction of sp³-hybridized carbons (Fsp3) is 0. The van der Waals surface area contributed by atoms with E-state index in [0.717, 1.165) is 50.2 Å². The van der Waals surface area contributed by atoms with Crippen LogP contribution in [0.15, 0.2) is 183 Å². The van der Waals surface area contributed by atoms with E-state index < -0.39 is 0 Å². The third-order valence-electron chi connectivity index (χ3n) is 9.89. The van der Waals surface area contributed by atoms with E-state index in [0.29, 0.717) is 0 Å². The van der Waals surface area contributed by atoms with Gasteiger partial charge in [-0.05, 0) is 106 Å². The highest BCUT2D eigenvalue weighted by molar-refractivity contribution is 7.25. The summed E-state index contributed by atoms with van der Waals surface area (Å²) in [5.41, 5.74) is 9.99. The summed E-state index contributed by atoms with van der Waals surface area (Å²) in [6.45, 7) is 0. The van der Waals surface area contributed by atoms with Gasteiger partial charge in [0.25, 0.3) is 0 Å². The van der Waals surface area contributed by atoms with Crippen LogP contribution in [-0.4, -0.2) is 15.0 Å². The molecule has 0 saturated carbocycles. The number of benzene rings is 6. The minimum absolute atomic E-state index is 1.01. The molecular weight excluding hydrogens is 653 g/mol. The van der Waals surface area contributed by atoms with Gasteiger partial charge >= 0.3 is 0 Å². The van der Waals surface area contributed by atoms with Gasteiger partial charge in [-0.3, -0.25) is 15.0 Å². The Morgan fingerprint density at radius 2 is 0.923 bits per heavy atom. The van der Waals surface area contributed by atoms with Gasteiger partial charge in [-0.1, -0.05) is 78.9 Å². The molecule has 0 spiro atoms.